The van der Waals surface area contributed by atoms with Gasteiger partial charge in [-0.3, -0.25) is 14.9 Å². The van der Waals surface area contributed by atoms with Crippen molar-refractivity contribution in [1.29, 1.82) is 0 Å². The summed E-state index contributed by atoms with van der Waals surface area (Å²) < 4.78 is 10.3. The summed E-state index contributed by atoms with van der Waals surface area (Å²) in [5.41, 5.74) is 0.552. The molecule has 8 heteroatoms. The van der Waals surface area contributed by atoms with Crippen molar-refractivity contribution in [2.45, 2.75) is 6.54 Å². The molecule has 0 spiro atoms. The molecule has 2 heterocycles. The number of nitro benzene ring substituents is 1. The maximum atomic E-state index is 11.3. The van der Waals surface area contributed by atoms with Gasteiger partial charge in [0.15, 0.2) is 12.4 Å². The molecule has 1 aliphatic rings. The third-order valence-corrected chi connectivity index (χ3v) is 2.96. The molecule has 108 valence electrons. The average Bonchev–Trinajstić information content (AvgIpc) is 2.97. The van der Waals surface area contributed by atoms with E-state index in [4.69, 9.17) is 9.15 Å². The number of anilines is 2. The summed E-state index contributed by atoms with van der Waals surface area (Å²) in [4.78, 5) is 21.9. The van der Waals surface area contributed by atoms with Crippen molar-refractivity contribution < 1.29 is 18.9 Å². The quantitative estimate of drug-likeness (QED) is 0.659. The van der Waals surface area contributed by atoms with Crippen LogP contribution in [0.25, 0.3) is 0 Å². The summed E-state index contributed by atoms with van der Waals surface area (Å²) in [5, 5.41) is 16.7. The zero-order chi connectivity index (χ0) is 14.8. The molecule has 0 radical (unpaired) electrons. The van der Waals surface area contributed by atoms with Crippen LogP contribution in [0, 0.1) is 10.1 Å². The standard InChI is InChI=1S/C13H11N3O5/c17-13-7-21-12-5-11(16(18)19)9(4-10(12)15-13)14-6-8-2-1-3-20-8/h1-5,14H,6-7H2,(H,15,17). The maximum absolute atomic E-state index is 11.3. The van der Waals surface area contributed by atoms with Crippen LogP contribution in [0.5, 0.6) is 5.75 Å². The van der Waals surface area contributed by atoms with Crippen LogP contribution >= 0.6 is 0 Å². The number of carbonyl (C=O) groups is 1. The number of fused-ring (bicyclic) bond motifs is 1. The number of rotatable bonds is 4. The Kier molecular flexibility index (Phi) is 3.19. The highest BCUT2D eigenvalue weighted by Crippen LogP contribution is 2.37. The highest BCUT2D eigenvalue weighted by atomic mass is 16.6. The molecule has 0 saturated carbocycles. The largest absolute Gasteiger partial charge is 0.481 e. The monoisotopic (exact) mass is 289 g/mol. The van der Waals surface area contributed by atoms with E-state index in [1.54, 1.807) is 12.1 Å². The van der Waals surface area contributed by atoms with E-state index in [0.29, 0.717) is 18.0 Å². The molecule has 21 heavy (non-hydrogen) atoms. The van der Waals surface area contributed by atoms with E-state index in [1.807, 2.05) is 0 Å². The molecule has 1 aliphatic heterocycles. The lowest BCUT2D eigenvalue weighted by atomic mass is 10.2. The van der Waals surface area contributed by atoms with E-state index in [0.717, 1.165) is 0 Å². The van der Waals surface area contributed by atoms with Crippen molar-refractivity contribution >= 4 is 23.0 Å². The third kappa shape index (κ3) is 2.64. The average molecular weight is 289 g/mol. The van der Waals surface area contributed by atoms with Crippen LogP contribution in [0.1, 0.15) is 5.76 Å². The van der Waals surface area contributed by atoms with Gasteiger partial charge >= 0.3 is 0 Å². The van der Waals surface area contributed by atoms with Crippen molar-refractivity contribution in [2.75, 3.05) is 17.2 Å². The molecule has 2 N–H and O–H groups in total. The highest BCUT2D eigenvalue weighted by molar-refractivity contribution is 5.96. The minimum absolute atomic E-state index is 0.128. The Hall–Kier alpha value is -3.03. The smallest absolute Gasteiger partial charge is 0.296 e. The van der Waals surface area contributed by atoms with Crippen molar-refractivity contribution in [2.24, 2.45) is 0 Å². The molecule has 0 bridgehead atoms. The van der Waals surface area contributed by atoms with Gasteiger partial charge in [-0.2, -0.15) is 0 Å². The van der Waals surface area contributed by atoms with Crippen LogP contribution in [0.2, 0.25) is 0 Å². The number of carbonyl (C=O) groups excluding carboxylic acids is 1. The molecule has 3 rings (SSSR count). The van der Waals surface area contributed by atoms with E-state index in [2.05, 4.69) is 10.6 Å². The van der Waals surface area contributed by atoms with E-state index in [9.17, 15) is 14.9 Å². The van der Waals surface area contributed by atoms with Gasteiger partial charge in [-0.15, -0.1) is 0 Å². The molecule has 0 atom stereocenters. The summed E-state index contributed by atoms with van der Waals surface area (Å²) in [6, 6.07) is 6.25. The summed E-state index contributed by atoms with van der Waals surface area (Å²) >= 11 is 0. The zero-order valence-corrected chi connectivity index (χ0v) is 10.8. The van der Waals surface area contributed by atoms with Crippen LogP contribution in [0.15, 0.2) is 34.9 Å². The first kappa shape index (κ1) is 13.0. The van der Waals surface area contributed by atoms with Gasteiger partial charge in [0.2, 0.25) is 0 Å². The fraction of sp³-hybridized carbons (Fsp3) is 0.154. The van der Waals surface area contributed by atoms with Crippen LogP contribution in [-0.2, 0) is 11.3 Å². The number of benzene rings is 1. The highest BCUT2D eigenvalue weighted by Gasteiger charge is 2.23. The van der Waals surface area contributed by atoms with Crippen molar-refractivity contribution in [1.82, 2.24) is 0 Å². The van der Waals surface area contributed by atoms with E-state index in [1.165, 1.54) is 18.4 Å². The number of nitrogens with zero attached hydrogens (tertiary/aromatic N) is 1. The third-order valence-electron chi connectivity index (χ3n) is 2.96. The van der Waals surface area contributed by atoms with Gasteiger partial charge in [-0.25, -0.2) is 0 Å². The zero-order valence-electron chi connectivity index (χ0n) is 10.8. The van der Waals surface area contributed by atoms with E-state index >= 15 is 0 Å². The molecule has 0 aliphatic carbocycles. The van der Waals surface area contributed by atoms with E-state index < -0.39 is 4.92 Å². The van der Waals surface area contributed by atoms with Gasteiger partial charge in [0.25, 0.3) is 11.6 Å². The Morgan fingerprint density at radius 2 is 2.29 bits per heavy atom. The molecule has 0 fully saturated rings. The molecule has 1 amide bonds. The van der Waals surface area contributed by atoms with Crippen molar-refractivity contribution in [3.63, 3.8) is 0 Å². The Labute approximate surface area is 118 Å². The predicted molar refractivity (Wildman–Crippen MR) is 73.3 cm³/mol. The molecular weight excluding hydrogens is 278 g/mol. The Balaban J connectivity index is 1.91. The first-order valence-corrected chi connectivity index (χ1v) is 6.15. The van der Waals surface area contributed by atoms with Crippen LogP contribution in [0.4, 0.5) is 17.1 Å². The summed E-state index contributed by atoms with van der Waals surface area (Å²) in [5.74, 6) is 0.625. The number of hydrogen-bond acceptors (Lipinski definition) is 6. The fourth-order valence-electron chi connectivity index (χ4n) is 2.00. The number of amides is 1. The van der Waals surface area contributed by atoms with Crippen molar-refractivity contribution in [3.8, 4) is 5.75 Å². The second-order valence-electron chi connectivity index (χ2n) is 4.39. The van der Waals surface area contributed by atoms with E-state index in [-0.39, 0.29) is 29.6 Å². The molecule has 1 aromatic carbocycles. The van der Waals surface area contributed by atoms with Gasteiger partial charge in [-0.1, -0.05) is 0 Å². The number of furan rings is 1. The second-order valence-corrected chi connectivity index (χ2v) is 4.39. The lowest BCUT2D eigenvalue weighted by molar-refractivity contribution is -0.384. The SMILES string of the molecule is O=C1COc2cc([N+](=O)[O-])c(NCc3ccco3)cc2N1. The first-order valence-electron chi connectivity index (χ1n) is 6.15. The first-order chi connectivity index (χ1) is 10.1. The summed E-state index contributed by atoms with van der Waals surface area (Å²) in [7, 11) is 0. The molecule has 8 nitrogen and oxygen atoms in total. The van der Waals surface area contributed by atoms with Gasteiger partial charge in [0.1, 0.15) is 11.4 Å². The molecule has 1 aromatic heterocycles. The van der Waals surface area contributed by atoms with Crippen LogP contribution in [0.3, 0.4) is 0 Å². The van der Waals surface area contributed by atoms with Crippen molar-refractivity contribution in [3.05, 3.63) is 46.4 Å². The summed E-state index contributed by atoms with van der Waals surface area (Å²) in [6.45, 7) is 0.144. The lowest BCUT2D eigenvalue weighted by Crippen LogP contribution is -2.25. The predicted octanol–water partition coefficient (Wildman–Crippen LogP) is 2.13. The maximum Gasteiger partial charge on any atom is 0.296 e. The van der Waals surface area contributed by atoms with Gasteiger partial charge in [0, 0.05) is 0 Å². The Morgan fingerprint density at radius 1 is 1.43 bits per heavy atom. The number of nitrogens with one attached hydrogen (secondary N) is 2. The number of hydrogen-bond donors (Lipinski definition) is 2. The Morgan fingerprint density at radius 3 is 3.00 bits per heavy atom. The minimum atomic E-state index is -0.509. The van der Waals surface area contributed by atoms with Gasteiger partial charge < -0.3 is 19.8 Å². The normalized spacial score (nSPS) is 13.0. The van der Waals surface area contributed by atoms with Gasteiger partial charge in [-0.05, 0) is 18.2 Å². The topological polar surface area (TPSA) is 107 Å². The Bertz CT molecular complexity index is 696. The van der Waals surface area contributed by atoms with Crippen LogP contribution < -0.4 is 15.4 Å². The molecule has 0 unspecified atom stereocenters. The minimum Gasteiger partial charge on any atom is -0.481 e. The molecule has 0 saturated heterocycles. The summed E-state index contributed by atoms with van der Waals surface area (Å²) in [6.07, 6.45) is 1.52. The van der Waals surface area contributed by atoms with Gasteiger partial charge in [0.05, 0.1) is 29.5 Å². The van der Waals surface area contributed by atoms with Crippen LogP contribution in [-0.4, -0.2) is 17.4 Å². The number of ether oxygens (including phenoxy) is 1. The molecule has 2 aromatic rings. The second kappa shape index (κ2) is 5.16. The molecular formula is C13H11N3O5. The fourth-order valence-corrected chi connectivity index (χ4v) is 2.00. The number of nitro groups is 1. The lowest BCUT2D eigenvalue weighted by Gasteiger charge is -2.18.